The monoisotopic (exact) mass is 325 g/mol. The summed E-state index contributed by atoms with van der Waals surface area (Å²) in [5.74, 6) is 1.05. The smallest absolute Gasteiger partial charge is 0.265 e. The highest BCUT2D eigenvalue weighted by molar-refractivity contribution is 5.94. The molecule has 1 N–H and O–H groups in total. The Labute approximate surface area is 145 Å². The summed E-state index contributed by atoms with van der Waals surface area (Å²) in [4.78, 5) is 12.3. The van der Waals surface area contributed by atoms with Crippen LogP contribution in [0.25, 0.3) is 0 Å². The lowest BCUT2D eigenvalue weighted by molar-refractivity contribution is -0.122. The minimum atomic E-state index is -0.559. The van der Waals surface area contributed by atoms with Gasteiger partial charge >= 0.3 is 0 Å². The van der Waals surface area contributed by atoms with Gasteiger partial charge in [-0.3, -0.25) is 4.79 Å². The minimum Gasteiger partial charge on any atom is -0.481 e. The standard InChI is InChI=1S/C21H27NO2/c1-13(2)20-10-9-19(12-16(20)5)24-17(6)21(23)22-18-8-7-14(3)15(4)11-18/h7-13,17H,1-6H3,(H,22,23). The number of anilines is 1. The van der Waals surface area contributed by atoms with Crippen LogP contribution in [0.2, 0.25) is 0 Å². The van der Waals surface area contributed by atoms with E-state index in [1.165, 1.54) is 16.7 Å². The average Bonchev–Trinajstić information content (AvgIpc) is 2.50. The lowest BCUT2D eigenvalue weighted by Crippen LogP contribution is -2.30. The fourth-order valence-electron chi connectivity index (χ4n) is 2.69. The summed E-state index contributed by atoms with van der Waals surface area (Å²) in [6, 6.07) is 11.9. The number of carbonyl (C=O) groups excluding carboxylic acids is 1. The second-order valence-electron chi connectivity index (χ2n) is 6.72. The number of carbonyl (C=O) groups is 1. The first-order chi connectivity index (χ1) is 11.3. The first-order valence-electron chi connectivity index (χ1n) is 8.43. The van der Waals surface area contributed by atoms with E-state index >= 15 is 0 Å². The zero-order valence-electron chi connectivity index (χ0n) is 15.4. The fraction of sp³-hybridized carbons (Fsp3) is 0.381. The van der Waals surface area contributed by atoms with Crippen molar-refractivity contribution in [1.29, 1.82) is 0 Å². The zero-order chi connectivity index (χ0) is 17.9. The van der Waals surface area contributed by atoms with E-state index in [-0.39, 0.29) is 5.91 Å². The first-order valence-corrected chi connectivity index (χ1v) is 8.43. The van der Waals surface area contributed by atoms with Gasteiger partial charge in [0.15, 0.2) is 6.10 Å². The van der Waals surface area contributed by atoms with Gasteiger partial charge < -0.3 is 10.1 Å². The van der Waals surface area contributed by atoms with Crippen molar-refractivity contribution < 1.29 is 9.53 Å². The Balaban J connectivity index is 2.03. The van der Waals surface area contributed by atoms with Crippen molar-refractivity contribution in [3.05, 3.63) is 58.7 Å². The molecule has 0 bridgehead atoms. The van der Waals surface area contributed by atoms with E-state index in [0.29, 0.717) is 5.92 Å². The van der Waals surface area contributed by atoms with Crippen molar-refractivity contribution in [2.24, 2.45) is 0 Å². The van der Waals surface area contributed by atoms with Crippen LogP contribution in [0.4, 0.5) is 5.69 Å². The van der Waals surface area contributed by atoms with E-state index in [1.54, 1.807) is 6.92 Å². The van der Waals surface area contributed by atoms with Gasteiger partial charge in [-0.15, -0.1) is 0 Å². The predicted molar refractivity (Wildman–Crippen MR) is 99.9 cm³/mol. The molecule has 0 saturated heterocycles. The van der Waals surface area contributed by atoms with E-state index in [1.807, 2.05) is 37.3 Å². The van der Waals surface area contributed by atoms with Crippen LogP contribution >= 0.6 is 0 Å². The van der Waals surface area contributed by atoms with Crippen molar-refractivity contribution >= 4 is 11.6 Å². The summed E-state index contributed by atoms with van der Waals surface area (Å²) in [6.45, 7) is 12.3. The molecule has 3 heteroatoms. The topological polar surface area (TPSA) is 38.3 Å². The van der Waals surface area contributed by atoms with Gasteiger partial charge in [-0.2, -0.15) is 0 Å². The molecule has 3 nitrogen and oxygen atoms in total. The summed E-state index contributed by atoms with van der Waals surface area (Å²) >= 11 is 0. The molecule has 2 aromatic rings. The van der Waals surface area contributed by atoms with Crippen LogP contribution in [-0.2, 0) is 4.79 Å². The summed E-state index contributed by atoms with van der Waals surface area (Å²) < 4.78 is 5.81. The summed E-state index contributed by atoms with van der Waals surface area (Å²) in [5, 5.41) is 2.91. The van der Waals surface area contributed by atoms with Crippen LogP contribution < -0.4 is 10.1 Å². The van der Waals surface area contributed by atoms with Crippen LogP contribution in [0.5, 0.6) is 5.75 Å². The van der Waals surface area contributed by atoms with Crippen molar-refractivity contribution in [1.82, 2.24) is 0 Å². The molecular weight excluding hydrogens is 298 g/mol. The number of hydrogen-bond donors (Lipinski definition) is 1. The predicted octanol–water partition coefficient (Wildman–Crippen LogP) is 5.14. The van der Waals surface area contributed by atoms with Gasteiger partial charge in [-0.05, 0) is 80.1 Å². The Morgan fingerprint density at radius 3 is 2.21 bits per heavy atom. The van der Waals surface area contributed by atoms with Crippen LogP contribution in [0.1, 0.15) is 48.9 Å². The fourth-order valence-corrected chi connectivity index (χ4v) is 2.69. The maximum atomic E-state index is 12.3. The average molecular weight is 325 g/mol. The normalized spacial score (nSPS) is 12.1. The molecule has 0 fully saturated rings. The number of nitrogens with one attached hydrogen (secondary N) is 1. The van der Waals surface area contributed by atoms with Gasteiger partial charge in [0.2, 0.25) is 0 Å². The molecule has 0 aliphatic rings. The number of ether oxygens (including phenoxy) is 1. The zero-order valence-corrected chi connectivity index (χ0v) is 15.4. The second-order valence-corrected chi connectivity index (χ2v) is 6.72. The lowest BCUT2D eigenvalue weighted by Gasteiger charge is -2.17. The highest BCUT2D eigenvalue weighted by Crippen LogP contribution is 2.24. The number of rotatable bonds is 5. The highest BCUT2D eigenvalue weighted by atomic mass is 16.5. The molecule has 1 amide bonds. The molecule has 128 valence electrons. The third kappa shape index (κ3) is 4.38. The van der Waals surface area contributed by atoms with Crippen molar-refractivity contribution in [3.8, 4) is 5.75 Å². The molecule has 0 saturated carbocycles. The molecule has 0 heterocycles. The van der Waals surface area contributed by atoms with Gasteiger partial charge in [0.1, 0.15) is 5.75 Å². The molecule has 1 atom stereocenters. The Bertz CT molecular complexity index is 735. The van der Waals surface area contributed by atoms with E-state index in [9.17, 15) is 4.79 Å². The molecule has 0 radical (unpaired) electrons. The number of benzene rings is 2. The maximum Gasteiger partial charge on any atom is 0.265 e. The quantitative estimate of drug-likeness (QED) is 0.826. The largest absolute Gasteiger partial charge is 0.481 e. The molecule has 0 spiro atoms. The Morgan fingerprint density at radius 2 is 1.62 bits per heavy atom. The molecule has 2 rings (SSSR count). The van der Waals surface area contributed by atoms with Gasteiger partial charge in [-0.25, -0.2) is 0 Å². The van der Waals surface area contributed by atoms with Gasteiger partial charge in [0, 0.05) is 5.69 Å². The maximum absolute atomic E-state index is 12.3. The number of amides is 1. The molecule has 24 heavy (non-hydrogen) atoms. The summed E-state index contributed by atoms with van der Waals surface area (Å²) in [6.07, 6.45) is -0.559. The molecule has 0 aliphatic carbocycles. The third-order valence-electron chi connectivity index (χ3n) is 4.32. The van der Waals surface area contributed by atoms with Gasteiger partial charge in [0.25, 0.3) is 5.91 Å². The lowest BCUT2D eigenvalue weighted by atomic mass is 9.98. The molecule has 0 aromatic heterocycles. The van der Waals surface area contributed by atoms with Crippen LogP contribution in [0.15, 0.2) is 36.4 Å². The summed E-state index contributed by atoms with van der Waals surface area (Å²) in [5.41, 5.74) is 5.64. The third-order valence-corrected chi connectivity index (χ3v) is 4.32. The first kappa shape index (κ1) is 18.1. The number of aryl methyl sites for hydroxylation is 3. The highest BCUT2D eigenvalue weighted by Gasteiger charge is 2.16. The van der Waals surface area contributed by atoms with Gasteiger partial charge in [-0.1, -0.05) is 26.0 Å². The Morgan fingerprint density at radius 1 is 0.917 bits per heavy atom. The van der Waals surface area contributed by atoms with E-state index in [4.69, 9.17) is 4.74 Å². The second kappa shape index (κ2) is 7.52. The molecule has 2 aromatic carbocycles. The van der Waals surface area contributed by atoms with E-state index in [0.717, 1.165) is 17.0 Å². The van der Waals surface area contributed by atoms with Crippen LogP contribution in [0.3, 0.4) is 0 Å². The van der Waals surface area contributed by atoms with Crippen molar-refractivity contribution in [2.45, 2.75) is 53.6 Å². The van der Waals surface area contributed by atoms with Gasteiger partial charge in [0.05, 0.1) is 0 Å². The molecule has 1 unspecified atom stereocenters. The van der Waals surface area contributed by atoms with Crippen molar-refractivity contribution in [2.75, 3.05) is 5.32 Å². The molecular formula is C21H27NO2. The molecule has 0 aliphatic heterocycles. The van der Waals surface area contributed by atoms with Crippen molar-refractivity contribution in [3.63, 3.8) is 0 Å². The van der Waals surface area contributed by atoms with E-state index in [2.05, 4.69) is 39.1 Å². The van der Waals surface area contributed by atoms with E-state index < -0.39 is 6.10 Å². The van der Waals surface area contributed by atoms with Crippen LogP contribution in [-0.4, -0.2) is 12.0 Å². The minimum absolute atomic E-state index is 0.149. The SMILES string of the molecule is Cc1ccc(NC(=O)C(C)Oc2ccc(C(C)C)c(C)c2)cc1C. The van der Waals surface area contributed by atoms with Crippen LogP contribution in [0, 0.1) is 20.8 Å². The summed E-state index contributed by atoms with van der Waals surface area (Å²) in [7, 11) is 0. The number of hydrogen-bond acceptors (Lipinski definition) is 2. The Hall–Kier alpha value is -2.29. The Kier molecular flexibility index (Phi) is 5.66.